The molecule has 9 heteroatoms. The van der Waals surface area contributed by atoms with Gasteiger partial charge in [-0.05, 0) is 32.3 Å². The first-order valence-electron chi connectivity index (χ1n) is 9.60. The molecule has 8 nitrogen and oxygen atoms in total. The van der Waals surface area contributed by atoms with E-state index in [1.807, 2.05) is 0 Å². The minimum absolute atomic E-state index is 0.0450. The van der Waals surface area contributed by atoms with Crippen LogP contribution in [-0.4, -0.2) is 31.3 Å². The Morgan fingerprint density at radius 2 is 2.07 bits per heavy atom. The summed E-state index contributed by atoms with van der Waals surface area (Å²) in [5.74, 6) is 1.43. The summed E-state index contributed by atoms with van der Waals surface area (Å²) in [7, 11) is 0. The van der Waals surface area contributed by atoms with E-state index in [4.69, 9.17) is 0 Å². The number of aromatic nitrogens is 3. The summed E-state index contributed by atoms with van der Waals surface area (Å²) in [6.45, 7) is 4.63. The lowest BCUT2D eigenvalue weighted by Crippen LogP contribution is -2.16. The first-order chi connectivity index (χ1) is 13.5. The van der Waals surface area contributed by atoms with Crippen LogP contribution in [0.15, 0.2) is 23.4 Å². The molecule has 1 heterocycles. The van der Waals surface area contributed by atoms with Crippen LogP contribution >= 0.6 is 11.8 Å². The second-order valence-corrected chi connectivity index (χ2v) is 7.96. The zero-order chi connectivity index (χ0) is 20.1. The van der Waals surface area contributed by atoms with Crippen LogP contribution in [-0.2, 0) is 11.3 Å². The van der Waals surface area contributed by atoms with Gasteiger partial charge in [-0.3, -0.25) is 14.9 Å². The number of anilines is 1. The number of hydrogen-bond acceptors (Lipinski definition) is 6. The highest BCUT2D eigenvalue weighted by molar-refractivity contribution is 7.99. The van der Waals surface area contributed by atoms with Crippen molar-refractivity contribution < 1.29 is 9.72 Å². The van der Waals surface area contributed by atoms with E-state index in [-0.39, 0.29) is 17.3 Å². The number of aryl methyl sites for hydroxylation is 1. The number of benzene rings is 1. The molecule has 1 N–H and O–H groups in total. The molecule has 28 heavy (non-hydrogen) atoms. The summed E-state index contributed by atoms with van der Waals surface area (Å²) in [5, 5.41) is 23.1. The van der Waals surface area contributed by atoms with Gasteiger partial charge >= 0.3 is 0 Å². The first kappa shape index (κ1) is 20.3. The molecule has 1 aromatic heterocycles. The predicted molar refractivity (Wildman–Crippen MR) is 109 cm³/mol. The third-order valence-electron chi connectivity index (χ3n) is 5.07. The number of nitrogens with one attached hydrogen (secondary N) is 1. The van der Waals surface area contributed by atoms with Crippen molar-refractivity contribution in [3.63, 3.8) is 0 Å². The Morgan fingerprint density at radius 3 is 2.75 bits per heavy atom. The van der Waals surface area contributed by atoms with E-state index >= 15 is 0 Å². The van der Waals surface area contributed by atoms with Gasteiger partial charge in [0.2, 0.25) is 5.91 Å². The van der Waals surface area contributed by atoms with Crippen molar-refractivity contribution in [3.05, 3.63) is 39.7 Å². The van der Waals surface area contributed by atoms with Gasteiger partial charge in [-0.25, -0.2) is 0 Å². The summed E-state index contributed by atoms with van der Waals surface area (Å²) in [5.41, 5.74) is 1.19. The maximum absolute atomic E-state index is 12.4. The Balaban J connectivity index is 1.64. The van der Waals surface area contributed by atoms with Crippen molar-refractivity contribution >= 4 is 29.0 Å². The Labute approximate surface area is 168 Å². The molecule has 0 aliphatic heterocycles. The number of hydrogen-bond donors (Lipinski definition) is 1. The van der Waals surface area contributed by atoms with Crippen molar-refractivity contribution in [2.24, 2.45) is 0 Å². The van der Waals surface area contributed by atoms with E-state index < -0.39 is 4.92 Å². The van der Waals surface area contributed by atoms with Crippen molar-refractivity contribution in [2.45, 2.75) is 63.6 Å². The number of nitro benzene ring substituents is 1. The van der Waals surface area contributed by atoms with Gasteiger partial charge in [0.25, 0.3) is 5.69 Å². The molecule has 0 atom stereocenters. The second-order valence-electron chi connectivity index (χ2n) is 7.01. The fraction of sp³-hybridized carbons (Fsp3) is 0.526. The molecule has 0 spiro atoms. The number of rotatable bonds is 7. The molecule has 0 saturated heterocycles. The van der Waals surface area contributed by atoms with Crippen LogP contribution in [0.4, 0.5) is 11.4 Å². The van der Waals surface area contributed by atoms with E-state index in [0.29, 0.717) is 11.6 Å². The molecular formula is C19H25N5O3S. The molecule has 1 aliphatic rings. The van der Waals surface area contributed by atoms with Crippen LogP contribution in [0.5, 0.6) is 0 Å². The van der Waals surface area contributed by atoms with Gasteiger partial charge < -0.3 is 9.88 Å². The lowest BCUT2D eigenvalue weighted by Gasteiger charge is -2.21. The Hall–Kier alpha value is -2.42. The summed E-state index contributed by atoms with van der Waals surface area (Å²) >= 11 is 1.34. The van der Waals surface area contributed by atoms with Crippen LogP contribution in [0, 0.1) is 17.0 Å². The Kier molecular flexibility index (Phi) is 6.66. The lowest BCUT2D eigenvalue weighted by atomic mass is 9.89. The second kappa shape index (κ2) is 9.18. The van der Waals surface area contributed by atoms with Crippen LogP contribution < -0.4 is 5.32 Å². The molecule has 1 amide bonds. The van der Waals surface area contributed by atoms with E-state index in [1.54, 1.807) is 13.0 Å². The first-order valence-corrected chi connectivity index (χ1v) is 10.6. The van der Waals surface area contributed by atoms with Gasteiger partial charge in [0.1, 0.15) is 5.82 Å². The molecule has 0 bridgehead atoms. The van der Waals surface area contributed by atoms with Crippen molar-refractivity contribution in [3.8, 4) is 0 Å². The van der Waals surface area contributed by atoms with Gasteiger partial charge in [-0.2, -0.15) is 0 Å². The highest BCUT2D eigenvalue weighted by Gasteiger charge is 2.23. The summed E-state index contributed by atoms with van der Waals surface area (Å²) in [4.78, 5) is 22.8. The monoisotopic (exact) mass is 403 g/mol. The molecule has 1 fully saturated rings. The molecule has 1 saturated carbocycles. The zero-order valence-corrected chi connectivity index (χ0v) is 17.0. The maximum atomic E-state index is 12.4. The smallest absolute Gasteiger partial charge is 0.271 e. The molecule has 3 rings (SSSR count). The molecular weight excluding hydrogens is 378 g/mol. The van der Waals surface area contributed by atoms with E-state index in [0.717, 1.165) is 35.9 Å². The van der Waals surface area contributed by atoms with Gasteiger partial charge in [-0.1, -0.05) is 37.1 Å². The summed E-state index contributed by atoms with van der Waals surface area (Å²) in [6.07, 6.45) is 6.05. The number of amides is 1. The Bertz CT molecular complexity index is 861. The highest BCUT2D eigenvalue weighted by atomic mass is 32.2. The van der Waals surface area contributed by atoms with Crippen molar-refractivity contribution in [2.75, 3.05) is 11.1 Å². The molecule has 2 aromatic rings. The fourth-order valence-corrected chi connectivity index (χ4v) is 4.35. The van der Waals surface area contributed by atoms with E-state index in [1.165, 1.54) is 43.2 Å². The largest absolute Gasteiger partial charge is 0.325 e. The fourth-order valence-electron chi connectivity index (χ4n) is 3.54. The number of carbonyl (C=O) groups excluding carboxylic acids is 1. The molecule has 0 radical (unpaired) electrons. The van der Waals surface area contributed by atoms with E-state index in [2.05, 4.69) is 27.0 Å². The highest BCUT2D eigenvalue weighted by Crippen LogP contribution is 2.33. The lowest BCUT2D eigenvalue weighted by molar-refractivity contribution is -0.384. The van der Waals surface area contributed by atoms with Crippen molar-refractivity contribution in [1.82, 2.24) is 14.8 Å². The van der Waals surface area contributed by atoms with E-state index in [9.17, 15) is 14.9 Å². The number of nitro groups is 1. The standard InChI is InChI=1S/C19H25N5O3S/c1-3-23-18(14-7-5-4-6-8-14)21-22-19(23)28-12-17(25)20-16-11-15(24(26)27)10-9-13(16)2/h9-11,14H,3-8,12H2,1-2H3,(H,20,25). The zero-order valence-electron chi connectivity index (χ0n) is 16.2. The molecule has 0 unspecified atom stereocenters. The van der Waals surface area contributed by atoms with Gasteiger partial charge in [0.15, 0.2) is 5.16 Å². The third-order valence-corrected chi connectivity index (χ3v) is 6.04. The Morgan fingerprint density at radius 1 is 1.32 bits per heavy atom. The van der Waals surface area contributed by atoms with Gasteiger partial charge in [0, 0.05) is 24.6 Å². The molecule has 150 valence electrons. The topological polar surface area (TPSA) is 103 Å². The predicted octanol–water partition coefficient (Wildman–Crippen LogP) is 4.29. The third kappa shape index (κ3) is 4.70. The summed E-state index contributed by atoms with van der Waals surface area (Å²) in [6, 6.07) is 4.44. The number of non-ortho nitro benzene ring substituents is 1. The average molecular weight is 404 g/mol. The van der Waals surface area contributed by atoms with Crippen molar-refractivity contribution in [1.29, 1.82) is 0 Å². The van der Waals surface area contributed by atoms with Crippen LogP contribution in [0.3, 0.4) is 0 Å². The maximum Gasteiger partial charge on any atom is 0.271 e. The van der Waals surface area contributed by atoms with Crippen LogP contribution in [0.1, 0.15) is 56.3 Å². The van der Waals surface area contributed by atoms with Gasteiger partial charge in [-0.15, -0.1) is 10.2 Å². The van der Waals surface area contributed by atoms with Crippen LogP contribution in [0.2, 0.25) is 0 Å². The quantitative estimate of drug-likeness (QED) is 0.420. The summed E-state index contributed by atoms with van der Waals surface area (Å²) < 4.78 is 2.10. The molecule has 1 aliphatic carbocycles. The molecule has 1 aromatic carbocycles. The number of nitrogens with zero attached hydrogens (tertiary/aromatic N) is 4. The van der Waals surface area contributed by atoms with Gasteiger partial charge in [0.05, 0.1) is 16.4 Å². The normalized spacial score (nSPS) is 14.8. The minimum atomic E-state index is -0.472. The number of thioether (sulfide) groups is 1. The minimum Gasteiger partial charge on any atom is -0.325 e. The van der Waals surface area contributed by atoms with Crippen LogP contribution in [0.25, 0.3) is 0 Å². The number of carbonyl (C=O) groups is 1. The average Bonchev–Trinajstić information content (AvgIpc) is 3.11. The SMILES string of the molecule is CCn1c(SCC(=O)Nc2cc([N+](=O)[O-])ccc2C)nnc1C1CCCCC1.